The molecule has 2 N–H and O–H groups in total. The first-order valence-electron chi connectivity index (χ1n) is 3.22. The number of anilines is 1. The van der Waals surface area contributed by atoms with Crippen molar-refractivity contribution < 1.29 is 9.31 Å². The Balaban J connectivity index is 3.37. The molecule has 0 heterocycles. The molecule has 0 saturated heterocycles. The van der Waals surface area contributed by atoms with Gasteiger partial charge >= 0.3 is 0 Å². The first-order valence-corrected chi connectivity index (χ1v) is 3.22. The van der Waals surface area contributed by atoms with E-state index in [4.69, 9.17) is 5.73 Å². The third kappa shape index (κ3) is 1.34. The average Bonchev–Trinajstić information content (AvgIpc) is 1.96. The van der Waals surface area contributed by atoms with E-state index in [0.717, 1.165) is 12.1 Å². The topological polar surface area (TPSA) is 69.2 Å². The van der Waals surface area contributed by atoms with Crippen LogP contribution in [0.5, 0.6) is 0 Å². The summed E-state index contributed by atoms with van der Waals surface area (Å²) in [5.74, 6) is -0.690. The van der Waals surface area contributed by atoms with Crippen LogP contribution < -0.4 is 5.73 Å². The molecule has 0 bridgehead atoms. The lowest BCUT2D eigenvalue weighted by atomic mass is 10.1. The Bertz CT molecular complexity index is 338. The van der Waals surface area contributed by atoms with Gasteiger partial charge in [0.1, 0.15) is 5.82 Å². The lowest BCUT2D eigenvalue weighted by molar-refractivity contribution is -0.385. The summed E-state index contributed by atoms with van der Waals surface area (Å²) >= 11 is 0. The highest BCUT2D eigenvalue weighted by Crippen LogP contribution is 2.24. The Morgan fingerprint density at radius 2 is 2.17 bits per heavy atom. The molecule has 0 amide bonds. The van der Waals surface area contributed by atoms with Crippen molar-refractivity contribution in [3.63, 3.8) is 0 Å². The lowest BCUT2D eigenvalue weighted by Gasteiger charge is -2.00. The molecule has 64 valence electrons. The van der Waals surface area contributed by atoms with Crippen molar-refractivity contribution in [2.45, 2.75) is 6.92 Å². The molecule has 4 nitrogen and oxygen atoms in total. The summed E-state index contributed by atoms with van der Waals surface area (Å²) in [7, 11) is 0. The normalized spacial score (nSPS) is 9.83. The van der Waals surface area contributed by atoms with Gasteiger partial charge in [0.05, 0.1) is 11.0 Å². The van der Waals surface area contributed by atoms with E-state index in [1.54, 1.807) is 0 Å². The first-order chi connectivity index (χ1) is 5.52. The van der Waals surface area contributed by atoms with Gasteiger partial charge in [-0.15, -0.1) is 0 Å². The second-order valence-electron chi connectivity index (χ2n) is 2.40. The van der Waals surface area contributed by atoms with Crippen LogP contribution in [-0.4, -0.2) is 4.92 Å². The molecule has 0 radical (unpaired) electrons. The van der Waals surface area contributed by atoms with Crippen LogP contribution in [0.1, 0.15) is 5.56 Å². The number of nitrogens with zero attached hydrogens (tertiary/aromatic N) is 1. The highest BCUT2D eigenvalue weighted by Gasteiger charge is 2.14. The molecular formula is C7H7FN2O2. The third-order valence-corrected chi connectivity index (χ3v) is 1.58. The summed E-state index contributed by atoms with van der Waals surface area (Å²) in [6.07, 6.45) is 0. The van der Waals surface area contributed by atoms with Crippen molar-refractivity contribution in [1.29, 1.82) is 0 Å². The highest BCUT2D eigenvalue weighted by molar-refractivity contribution is 5.57. The molecule has 0 aliphatic rings. The van der Waals surface area contributed by atoms with E-state index in [2.05, 4.69) is 0 Å². The maximum Gasteiger partial charge on any atom is 0.277 e. The van der Waals surface area contributed by atoms with E-state index in [1.165, 1.54) is 6.92 Å². The van der Waals surface area contributed by atoms with Gasteiger partial charge in [0.25, 0.3) is 5.69 Å². The molecule has 0 spiro atoms. The molecule has 0 aromatic heterocycles. The predicted molar refractivity (Wildman–Crippen MR) is 42.2 cm³/mol. The molecule has 1 rings (SSSR count). The third-order valence-electron chi connectivity index (χ3n) is 1.58. The fourth-order valence-corrected chi connectivity index (χ4v) is 0.875. The predicted octanol–water partition coefficient (Wildman–Crippen LogP) is 1.62. The summed E-state index contributed by atoms with van der Waals surface area (Å²) in [5.41, 5.74) is 5.42. The summed E-state index contributed by atoms with van der Waals surface area (Å²) in [6.45, 7) is 1.48. The Labute approximate surface area is 68.0 Å². The fraction of sp³-hybridized carbons (Fsp3) is 0.143. The van der Waals surface area contributed by atoms with Gasteiger partial charge < -0.3 is 5.73 Å². The number of nitro benzene ring substituents is 1. The molecule has 0 unspecified atom stereocenters. The van der Waals surface area contributed by atoms with Crippen LogP contribution in [0.4, 0.5) is 15.8 Å². The van der Waals surface area contributed by atoms with Crippen LogP contribution in [-0.2, 0) is 0 Å². The van der Waals surface area contributed by atoms with Crippen LogP contribution in [0.3, 0.4) is 0 Å². The molecule has 0 aliphatic heterocycles. The summed E-state index contributed by atoms with van der Waals surface area (Å²) in [6, 6.07) is 1.91. The van der Waals surface area contributed by atoms with Gasteiger partial charge in [0.2, 0.25) is 0 Å². The van der Waals surface area contributed by atoms with Crippen LogP contribution in [0.25, 0.3) is 0 Å². The molecule has 0 atom stereocenters. The summed E-state index contributed by atoms with van der Waals surface area (Å²) < 4.78 is 12.6. The van der Waals surface area contributed by atoms with Gasteiger partial charge in [-0.2, -0.15) is 0 Å². The Kier molecular flexibility index (Phi) is 1.95. The molecule has 0 fully saturated rings. The monoisotopic (exact) mass is 170 g/mol. The smallest absolute Gasteiger partial charge is 0.277 e. The standard InChI is InChI=1S/C7H7FN2O2/c1-4-6(9)2-5(8)3-7(4)10(11)12/h2-3H,9H2,1H3. The molecule has 1 aromatic rings. The maximum atomic E-state index is 12.6. The van der Waals surface area contributed by atoms with Crippen molar-refractivity contribution >= 4 is 11.4 Å². The molecule has 5 heteroatoms. The zero-order valence-electron chi connectivity index (χ0n) is 6.37. The SMILES string of the molecule is Cc1c(N)cc(F)cc1[N+](=O)[O-]. The van der Waals surface area contributed by atoms with Crippen LogP contribution >= 0.6 is 0 Å². The minimum Gasteiger partial charge on any atom is -0.398 e. The molecule has 12 heavy (non-hydrogen) atoms. The number of nitrogens with two attached hydrogens (primary N) is 1. The van der Waals surface area contributed by atoms with Gasteiger partial charge in [-0.05, 0) is 13.0 Å². The average molecular weight is 170 g/mol. The van der Waals surface area contributed by atoms with Gasteiger partial charge in [-0.1, -0.05) is 0 Å². The fourth-order valence-electron chi connectivity index (χ4n) is 0.875. The van der Waals surface area contributed by atoms with Gasteiger partial charge in [0.15, 0.2) is 0 Å². The largest absolute Gasteiger partial charge is 0.398 e. The quantitative estimate of drug-likeness (QED) is 0.395. The van der Waals surface area contributed by atoms with E-state index in [-0.39, 0.29) is 11.4 Å². The minimum absolute atomic E-state index is 0.0988. The summed E-state index contributed by atoms with van der Waals surface area (Å²) in [5, 5.41) is 10.3. The minimum atomic E-state index is -0.690. The zero-order chi connectivity index (χ0) is 9.30. The van der Waals surface area contributed by atoms with E-state index < -0.39 is 10.7 Å². The van der Waals surface area contributed by atoms with Crippen molar-refractivity contribution in [1.82, 2.24) is 0 Å². The van der Waals surface area contributed by atoms with Crippen LogP contribution in [0, 0.1) is 22.9 Å². The Morgan fingerprint density at radius 3 is 2.67 bits per heavy atom. The van der Waals surface area contributed by atoms with Crippen LogP contribution in [0.2, 0.25) is 0 Å². The van der Waals surface area contributed by atoms with Crippen molar-refractivity contribution in [3.8, 4) is 0 Å². The molecule has 0 aliphatic carbocycles. The van der Waals surface area contributed by atoms with Crippen molar-refractivity contribution in [2.75, 3.05) is 5.73 Å². The molecule has 0 saturated carbocycles. The Morgan fingerprint density at radius 1 is 1.58 bits per heavy atom. The van der Waals surface area contributed by atoms with E-state index in [1.807, 2.05) is 0 Å². The van der Waals surface area contributed by atoms with E-state index >= 15 is 0 Å². The number of rotatable bonds is 1. The van der Waals surface area contributed by atoms with Crippen molar-refractivity contribution in [3.05, 3.63) is 33.6 Å². The number of hydrogen-bond donors (Lipinski definition) is 1. The van der Waals surface area contributed by atoms with Gasteiger partial charge in [-0.3, -0.25) is 10.1 Å². The zero-order valence-corrected chi connectivity index (χ0v) is 6.37. The number of benzene rings is 1. The maximum absolute atomic E-state index is 12.6. The van der Waals surface area contributed by atoms with Gasteiger partial charge in [-0.25, -0.2) is 4.39 Å². The first kappa shape index (κ1) is 8.45. The van der Waals surface area contributed by atoms with Crippen LogP contribution in [0.15, 0.2) is 12.1 Å². The second-order valence-corrected chi connectivity index (χ2v) is 2.40. The van der Waals surface area contributed by atoms with E-state index in [0.29, 0.717) is 5.56 Å². The lowest BCUT2D eigenvalue weighted by Crippen LogP contribution is -1.97. The van der Waals surface area contributed by atoms with E-state index in [9.17, 15) is 14.5 Å². The van der Waals surface area contributed by atoms with Crippen molar-refractivity contribution in [2.24, 2.45) is 0 Å². The number of nitrogen functional groups attached to an aromatic ring is 1. The number of hydrogen-bond acceptors (Lipinski definition) is 3. The highest BCUT2D eigenvalue weighted by atomic mass is 19.1. The molecular weight excluding hydrogens is 163 g/mol. The molecule has 1 aromatic carbocycles. The second kappa shape index (κ2) is 2.77. The summed E-state index contributed by atoms with van der Waals surface area (Å²) in [4.78, 5) is 9.65. The van der Waals surface area contributed by atoms with Gasteiger partial charge in [0, 0.05) is 11.3 Å². The number of nitro groups is 1. The number of halogens is 1. The Hall–Kier alpha value is -1.65.